The van der Waals surface area contributed by atoms with Gasteiger partial charge in [-0.3, -0.25) is 4.52 Å². The predicted molar refractivity (Wildman–Crippen MR) is 42.6 cm³/mol. The van der Waals surface area contributed by atoms with Crippen molar-refractivity contribution in [2.75, 3.05) is 5.32 Å². The molecule has 0 bridgehead atoms. The Balaban J connectivity index is 1.86. The van der Waals surface area contributed by atoms with Gasteiger partial charge >= 0.3 is 6.01 Å². The molecule has 0 amide bonds. The highest BCUT2D eigenvalue weighted by atomic mass is 16.5. The highest BCUT2D eigenvalue weighted by Gasteiger charge is 2.14. The van der Waals surface area contributed by atoms with Crippen LogP contribution in [0.25, 0.3) is 0 Å². The fourth-order valence-electron chi connectivity index (χ4n) is 1.61. The van der Waals surface area contributed by atoms with Crippen LogP contribution in [0.3, 0.4) is 0 Å². The molecule has 5 nitrogen and oxygen atoms in total. The lowest BCUT2D eigenvalue weighted by Gasteiger charge is -2.20. The smallest absolute Gasteiger partial charge is 0.334 e. The van der Waals surface area contributed by atoms with Crippen molar-refractivity contribution in [2.24, 2.45) is 0 Å². The molecule has 1 aliphatic rings. The van der Waals surface area contributed by atoms with E-state index in [1.54, 1.807) is 0 Å². The summed E-state index contributed by atoms with van der Waals surface area (Å²) in [5.74, 6) is 0. The van der Waals surface area contributed by atoms with Gasteiger partial charge < -0.3 is 5.32 Å². The Morgan fingerprint density at radius 2 is 2.08 bits per heavy atom. The second-order valence-corrected chi connectivity index (χ2v) is 3.15. The van der Waals surface area contributed by atoms with Crippen molar-refractivity contribution in [1.29, 1.82) is 0 Å². The summed E-state index contributed by atoms with van der Waals surface area (Å²) in [7, 11) is 0. The first-order valence-electron chi connectivity index (χ1n) is 4.37. The molecule has 0 saturated heterocycles. The van der Waals surface area contributed by atoms with Crippen LogP contribution in [0.15, 0.2) is 4.52 Å². The van der Waals surface area contributed by atoms with E-state index in [4.69, 9.17) is 4.52 Å². The van der Waals surface area contributed by atoms with Gasteiger partial charge in [0.05, 0.1) is 5.27 Å². The summed E-state index contributed by atoms with van der Waals surface area (Å²) in [5, 5.41) is 13.5. The molecule has 1 fully saturated rings. The summed E-state index contributed by atoms with van der Waals surface area (Å²) in [5.41, 5.74) is 0. The molecule has 12 heavy (non-hydrogen) atoms. The van der Waals surface area contributed by atoms with Gasteiger partial charge in [-0.1, -0.05) is 24.4 Å². The third-order valence-electron chi connectivity index (χ3n) is 2.23. The van der Waals surface area contributed by atoms with E-state index < -0.39 is 0 Å². The number of aromatic nitrogens is 3. The fraction of sp³-hybridized carbons (Fsp3) is 0.857. The monoisotopic (exact) mass is 168 g/mol. The number of nitrogens with one attached hydrogen (secondary N) is 1. The number of anilines is 1. The second-order valence-electron chi connectivity index (χ2n) is 3.15. The lowest BCUT2D eigenvalue weighted by Crippen LogP contribution is -2.22. The van der Waals surface area contributed by atoms with Crippen molar-refractivity contribution < 1.29 is 4.52 Å². The van der Waals surface area contributed by atoms with Crippen LogP contribution in [0.4, 0.5) is 6.01 Å². The molecule has 0 radical (unpaired) electrons. The average molecular weight is 168 g/mol. The molecule has 1 aliphatic carbocycles. The van der Waals surface area contributed by atoms with Gasteiger partial charge in [0.15, 0.2) is 0 Å². The van der Waals surface area contributed by atoms with E-state index in [9.17, 15) is 0 Å². The molecule has 0 atom stereocenters. The van der Waals surface area contributed by atoms with Crippen molar-refractivity contribution in [1.82, 2.24) is 15.6 Å². The Morgan fingerprint density at radius 1 is 1.25 bits per heavy atom. The Hall–Kier alpha value is -1.13. The van der Waals surface area contributed by atoms with E-state index in [0.717, 1.165) is 0 Å². The minimum absolute atomic E-state index is 0.446. The molecule has 1 N–H and O–H groups in total. The number of hydrogen-bond acceptors (Lipinski definition) is 5. The molecule has 0 aromatic carbocycles. The Labute approximate surface area is 70.5 Å². The van der Waals surface area contributed by atoms with E-state index in [-0.39, 0.29) is 0 Å². The van der Waals surface area contributed by atoms with E-state index in [2.05, 4.69) is 20.9 Å². The van der Waals surface area contributed by atoms with Crippen LogP contribution >= 0.6 is 0 Å². The first-order valence-corrected chi connectivity index (χ1v) is 4.37. The maximum atomic E-state index is 4.75. The predicted octanol–water partition coefficient (Wildman–Crippen LogP) is 1.21. The lowest BCUT2D eigenvalue weighted by atomic mass is 9.96. The van der Waals surface area contributed by atoms with Crippen LogP contribution in [-0.4, -0.2) is 21.6 Å². The van der Waals surface area contributed by atoms with Crippen molar-refractivity contribution in [3.05, 3.63) is 0 Å². The average Bonchev–Trinajstić information content (AvgIpc) is 2.59. The SMILES string of the molecule is C1CCC(Nc2nnno2)CC1. The van der Waals surface area contributed by atoms with Gasteiger partial charge in [0.1, 0.15) is 0 Å². The van der Waals surface area contributed by atoms with E-state index in [0.29, 0.717) is 12.1 Å². The maximum Gasteiger partial charge on any atom is 0.342 e. The quantitative estimate of drug-likeness (QED) is 0.719. The minimum atomic E-state index is 0.446. The van der Waals surface area contributed by atoms with Gasteiger partial charge in [-0.2, -0.15) is 0 Å². The van der Waals surface area contributed by atoms with E-state index in [1.807, 2.05) is 0 Å². The first-order chi connectivity index (χ1) is 5.95. The summed E-state index contributed by atoms with van der Waals surface area (Å²) >= 11 is 0. The van der Waals surface area contributed by atoms with Gasteiger partial charge in [-0.05, 0) is 18.1 Å². The number of hydrogen-bond donors (Lipinski definition) is 1. The highest BCUT2D eigenvalue weighted by molar-refractivity contribution is 5.17. The maximum absolute atomic E-state index is 4.75. The highest BCUT2D eigenvalue weighted by Crippen LogP contribution is 2.19. The normalized spacial score (nSPS) is 19.3. The van der Waals surface area contributed by atoms with Gasteiger partial charge in [0.25, 0.3) is 0 Å². The topological polar surface area (TPSA) is 63.8 Å². The number of nitrogens with zero attached hydrogens (tertiary/aromatic N) is 3. The fourth-order valence-corrected chi connectivity index (χ4v) is 1.61. The van der Waals surface area contributed by atoms with Crippen LogP contribution < -0.4 is 5.32 Å². The molecule has 66 valence electrons. The number of rotatable bonds is 2. The molecule has 5 heteroatoms. The first kappa shape index (κ1) is 7.52. The summed E-state index contributed by atoms with van der Waals surface area (Å²) in [6.07, 6.45) is 6.32. The molecule has 1 aromatic heterocycles. The zero-order chi connectivity index (χ0) is 8.23. The van der Waals surface area contributed by atoms with E-state index in [1.165, 1.54) is 32.1 Å². The summed E-state index contributed by atoms with van der Waals surface area (Å²) in [6, 6.07) is 0.947. The van der Waals surface area contributed by atoms with Gasteiger partial charge in [-0.25, -0.2) is 0 Å². The van der Waals surface area contributed by atoms with Crippen molar-refractivity contribution >= 4 is 6.01 Å². The molecule has 2 rings (SSSR count). The zero-order valence-electron chi connectivity index (χ0n) is 6.86. The Morgan fingerprint density at radius 3 is 2.75 bits per heavy atom. The zero-order valence-corrected chi connectivity index (χ0v) is 6.86. The summed E-state index contributed by atoms with van der Waals surface area (Å²) < 4.78 is 4.75. The van der Waals surface area contributed by atoms with Crippen LogP contribution in [0.2, 0.25) is 0 Å². The van der Waals surface area contributed by atoms with Crippen LogP contribution in [0.1, 0.15) is 32.1 Å². The van der Waals surface area contributed by atoms with Crippen molar-refractivity contribution in [3.8, 4) is 0 Å². The largest absolute Gasteiger partial charge is 0.342 e. The molecule has 1 saturated carbocycles. The Kier molecular flexibility index (Phi) is 2.20. The Bertz CT molecular complexity index is 217. The van der Waals surface area contributed by atoms with Crippen molar-refractivity contribution in [3.63, 3.8) is 0 Å². The minimum Gasteiger partial charge on any atom is -0.334 e. The molecule has 1 heterocycles. The molecular weight excluding hydrogens is 156 g/mol. The summed E-state index contributed by atoms with van der Waals surface area (Å²) in [6.45, 7) is 0. The second kappa shape index (κ2) is 3.51. The molecule has 0 spiro atoms. The lowest BCUT2D eigenvalue weighted by molar-refractivity contribution is 0.389. The van der Waals surface area contributed by atoms with Crippen molar-refractivity contribution in [2.45, 2.75) is 38.1 Å². The van der Waals surface area contributed by atoms with E-state index >= 15 is 0 Å². The van der Waals surface area contributed by atoms with Gasteiger partial charge in [-0.15, -0.1) is 0 Å². The molecular formula is C7H12N4O. The van der Waals surface area contributed by atoms with Gasteiger partial charge in [0, 0.05) is 6.04 Å². The van der Waals surface area contributed by atoms with Crippen LogP contribution in [0, 0.1) is 0 Å². The molecule has 1 aromatic rings. The van der Waals surface area contributed by atoms with Crippen LogP contribution in [-0.2, 0) is 0 Å². The summed E-state index contributed by atoms with van der Waals surface area (Å²) in [4.78, 5) is 0. The molecule has 0 unspecified atom stereocenters. The third-order valence-corrected chi connectivity index (χ3v) is 2.23. The van der Waals surface area contributed by atoms with Crippen LogP contribution in [0.5, 0.6) is 0 Å². The molecule has 0 aliphatic heterocycles. The third kappa shape index (κ3) is 1.72. The van der Waals surface area contributed by atoms with Gasteiger partial charge in [0.2, 0.25) is 0 Å². The standard InChI is InChI=1S/C7H12N4O/c1-2-4-6(5-3-1)8-7-9-10-11-12-7/h6H,1-5H2,(H,8,9,11).